The molecule has 16 heavy (non-hydrogen) atoms. The highest BCUT2D eigenvalue weighted by atomic mass is 16.6. The number of carbonyl (C=O) groups excluding carboxylic acids is 1. The van der Waals surface area contributed by atoms with Crippen molar-refractivity contribution < 1.29 is 14.3 Å². The van der Waals surface area contributed by atoms with Gasteiger partial charge in [0.05, 0.1) is 6.61 Å². The van der Waals surface area contributed by atoms with Crippen molar-refractivity contribution in [1.29, 1.82) is 0 Å². The first-order valence-electron chi connectivity index (χ1n) is 5.17. The minimum Gasteiger partial charge on any atom is -0.459 e. The number of carbonyl (C=O) groups is 1. The molecule has 0 saturated carbocycles. The Morgan fingerprint density at radius 2 is 2.25 bits per heavy atom. The maximum atomic E-state index is 11.4. The number of nitrogens with zero attached hydrogens (tertiary/aromatic N) is 1. The number of hydrogen-bond donors (Lipinski definition) is 1. The molecule has 88 valence electrons. The van der Waals surface area contributed by atoms with Crippen LogP contribution in [0.5, 0.6) is 0 Å². The van der Waals surface area contributed by atoms with E-state index in [1.54, 1.807) is 18.3 Å². The third-order valence-electron chi connectivity index (χ3n) is 1.93. The molecular weight excluding hydrogens is 208 g/mol. The molecule has 0 aliphatic heterocycles. The molecule has 0 saturated heterocycles. The Morgan fingerprint density at radius 1 is 1.44 bits per heavy atom. The lowest BCUT2D eigenvalue weighted by Gasteiger charge is -2.04. The molecule has 0 aromatic carbocycles. The Kier molecular flexibility index (Phi) is 5.45. The van der Waals surface area contributed by atoms with Gasteiger partial charge < -0.3 is 15.2 Å². The second kappa shape index (κ2) is 6.92. The van der Waals surface area contributed by atoms with Crippen molar-refractivity contribution in [3.63, 3.8) is 0 Å². The topological polar surface area (TPSA) is 74.4 Å². The SMILES string of the molecule is CCOCCOC(=O)c1ccc(CN)cn1. The van der Waals surface area contributed by atoms with Crippen LogP contribution in [0.3, 0.4) is 0 Å². The van der Waals surface area contributed by atoms with Crippen LogP contribution in [0.1, 0.15) is 23.0 Å². The molecule has 0 radical (unpaired) electrons. The van der Waals surface area contributed by atoms with Crippen LogP contribution in [0.25, 0.3) is 0 Å². The van der Waals surface area contributed by atoms with Crippen LogP contribution in [0, 0.1) is 0 Å². The molecule has 0 atom stereocenters. The number of nitrogens with two attached hydrogens (primary N) is 1. The van der Waals surface area contributed by atoms with Crippen LogP contribution in [-0.2, 0) is 16.0 Å². The Hall–Kier alpha value is -1.46. The summed E-state index contributed by atoms with van der Waals surface area (Å²) in [6.07, 6.45) is 1.57. The number of aromatic nitrogens is 1. The molecule has 0 bridgehead atoms. The van der Waals surface area contributed by atoms with E-state index in [9.17, 15) is 4.79 Å². The summed E-state index contributed by atoms with van der Waals surface area (Å²) in [5.41, 5.74) is 6.58. The van der Waals surface area contributed by atoms with Gasteiger partial charge in [0.2, 0.25) is 0 Å². The van der Waals surface area contributed by atoms with Crippen molar-refractivity contribution >= 4 is 5.97 Å². The molecule has 0 unspecified atom stereocenters. The smallest absolute Gasteiger partial charge is 0.356 e. The number of rotatable bonds is 6. The molecule has 1 aromatic rings. The summed E-state index contributed by atoms with van der Waals surface area (Å²) in [5, 5.41) is 0. The number of pyridine rings is 1. The minimum atomic E-state index is -0.441. The molecule has 1 heterocycles. The molecule has 5 nitrogen and oxygen atoms in total. The van der Waals surface area contributed by atoms with E-state index in [0.29, 0.717) is 19.8 Å². The number of esters is 1. The average Bonchev–Trinajstić information content (AvgIpc) is 2.34. The predicted molar refractivity (Wildman–Crippen MR) is 58.9 cm³/mol. The van der Waals surface area contributed by atoms with Crippen LogP contribution in [0.2, 0.25) is 0 Å². The second-order valence-electron chi connectivity index (χ2n) is 3.09. The van der Waals surface area contributed by atoms with E-state index in [4.69, 9.17) is 15.2 Å². The number of ether oxygens (including phenoxy) is 2. The quantitative estimate of drug-likeness (QED) is 0.569. The maximum absolute atomic E-state index is 11.4. The van der Waals surface area contributed by atoms with Gasteiger partial charge in [-0.2, -0.15) is 0 Å². The lowest BCUT2D eigenvalue weighted by atomic mass is 10.2. The molecule has 2 N–H and O–H groups in total. The summed E-state index contributed by atoms with van der Waals surface area (Å²) in [7, 11) is 0. The van der Waals surface area contributed by atoms with Crippen molar-refractivity contribution in [3.05, 3.63) is 29.6 Å². The van der Waals surface area contributed by atoms with E-state index in [1.165, 1.54) is 0 Å². The zero-order valence-corrected chi connectivity index (χ0v) is 9.31. The molecule has 0 amide bonds. The van der Waals surface area contributed by atoms with Crippen molar-refractivity contribution in [2.24, 2.45) is 5.73 Å². The van der Waals surface area contributed by atoms with Crippen LogP contribution in [0.4, 0.5) is 0 Å². The van der Waals surface area contributed by atoms with E-state index >= 15 is 0 Å². The summed E-state index contributed by atoms with van der Waals surface area (Å²) >= 11 is 0. The first-order valence-corrected chi connectivity index (χ1v) is 5.17. The van der Waals surface area contributed by atoms with E-state index in [-0.39, 0.29) is 12.3 Å². The van der Waals surface area contributed by atoms with Crippen molar-refractivity contribution in [1.82, 2.24) is 4.98 Å². The maximum Gasteiger partial charge on any atom is 0.356 e. The summed E-state index contributed by atoms with van der Waals surface area (Å²) in [4.78, 5) is 15.4. The molecule has 5 heteroatoms. The third-order valence-corrected chi connectivity index (χ3v) is 1.93. The first-order chi connectivity index (χ1) is 7.77. The molecule has 0 fully saturated rings. The largest absolute Gasteiger partial charge is 0.459 e. The molecule has 0 aliphatic rings. The van der Waals surface area contributed by atoms with Gasteiger partial charge in [0, 0.05) is 19.3 Å². The lowest BCUT2D eigenvalue weighted by Crippen LogP contribution is -2.12. The van der Waals surface area contributed by atoms with Crippen molar-refractivity contribution in [2.45, 2.75) is 13.5 Å². The Labute approximate surface area is 94.6 Å². The van der Waals surface area contributed by atoms with Gasteiger partial charge in [-0.3, -0.25) is 0 Å². The van der Waals surface area contributed by atoms with E-state index in [2.05, 4.69) is 4.98 Å². The summed E-state index contributed by atoms with van der Waals surface area (Å²) < 4.78 is 9.99. The highest BCUT2D eigenvalue weighted by Crippen LogP contribution is 2.01. The van der Waals surface area contributed by atoms with Crippen LogP contribution in [-0.4, -0.2) is 30.8 Å². The fourth-order valence-electron chi connectivity index (χ4n) is 1.08. The zero-order valence-electron chi connectivity index (χ0n) is 9.31. The molecule has 0 aliphatic carbocycles. The van der Waals surface area contributed by atoms with Crippen LogP contribution < -0.4 is 5.73 Å². The van der Waals surface area contributed by atoms with Gasteiger partial charge in [-0.05, 0) is 18.6 Å². The van der Waals surface area contributed by atoms with Gasteiger partial charge in [0.1, 0.15) is 12.3 Å². The monoisotopic (exact) mass is 224 g/mol. The lowest BCUT2D eigenvalue weighted by molar-refractivity contribution is 0.0329. The average molecular weight is 224 g/mol. The van der Waals surface area contributed by atoms with Crippen LogP contribution >= 0.6 is 0 Å². The van der Waals surface area contributed by atoms with Gasteiger partial charge in [-0.1, -0.05) is 6.07 Å². The fraction of sp³-hybridized carbons (Fsp3) is 0.455. The summed E-state index contributed by atoms with van der Waals surface area (Å²) in [5.74, 6) is -0.441. The molecular formula is C11H16N2O3. The normalized spacial score (nSPS) is 10.1. The van der Waals surface area contributed by atoms with Gasteiger partial charge >= 0.3 is 5.97 Å². The fourth-order valence-corrected chi connectivity index (χ4v) is 1.08. The summed E-state index contributed by atoms with van der Waals surface area (Å²) in [6, 6.07) is 3.36. The Balaban J connectivity index is 2.40. The second-order valence-corrected chi connectivity index (χ2v) is 3.09. The van der Waals surface area contributed by atoms with Crippen molar-refractivity contribution in [2.75, 3.05) is 19.8 Å². The predicted octanol–water partition coefficient (Wildman–Crippen LogP) is 0.734. The highest BCUT2D eigenvalue weighted by molar-refractivity contribution is 5.87. The first kappa shape index (κ1) is 12.6. The standard InChI is InChI=1S/C11H16N2O3/c1-2-15-5-6-16-11(14)10-4-3-9(7-12)8-13-10/h3-4,8H,2,5-7,12H2,1H3. The van der Waals surface area contributed by atoms with Gasteiger partial charge in [-0.15, -0.1) is 0 Å². The Morgan fingerprint density at radius 3 is 2.81 bits per heavy atom. The summed E-state index contributed by atoms with van der Waals surface area (Å²) in [6.45, 7) is 3.55. The molecule has 0 spiro atoms. The number of hydrogen-bond acceptors (Lipinski definition) is 5. The zero-order chi connectivity index (χ0) is 11.8. The van der Waals surface area contributed by atoms with Crippen LogP contribution in [0.15, 0.2) is 18.3 Å². The molecule has 1 rings (SSSR count). The van der Waals surface area contributed by atoms with Gasteiger partial charge in [0.15, 0.2) is 0 Å². The minimum absolute atomic E-state index is 0.243. The Bertz CT molecular complexity index is 325. The van der Waals surface area contributed by atoms with E-state index < -0.39 is 5.97 Å². The molecule has 1 aromatic heterocycles. The van der Waals surface area contributed by atoms with Gasteiger partial charge in [0.25, 0.3) is 0 Å². The third kappa shape index (κ3) is 3.96. The van der Waals surface area contributed by atoms with E-state index in [1.807, 2.05) is 6.92 Å². The van der Waals surface area contributed by atoms with Gasteiger partial charge in [-0.25, -0.2) is 9.78 Å². The van der Waals surface area contributed by atoms with Crippen molar-refractivity contribution in [3.8, 4) is 0 Å². The van der Waals surface area contributed by atoms with E-state index in [0.717, 1.165) is 5.56 Å². The highest BCUT2D eigenvalue weighted by Gasteiger charge is 2.07.